The highest BCUT2D eigenvalue weighted by Crippen LogP contribution is 2.21. The van der Waals surface area contributed by atoms with Crippen molar-refractivity contribution in [2.75, 3.05) is 5.32 Å². The zero-order valence-corrected chi connectivity index (χ0v) is 10.8. The van der Waals surface area contributed by atoms with Crippen LogP contribution in [0.4, 0.5) is 5.69 Å². The summed E-state index contributed by atoms with van der Waals surface area (Å²) in [6, 6.07) is 8.10. The largest absolute Gasteiger partial charge is 0.319 e. The number of nitrogens with zero attached hydrogens (tertiary/aromatic N) is 3. The van der Waals surface area contributed by atoms with Crippen LogP contribution >= 0.6 is 11.6 Å². The zero-order chi connectivity index (χ0) is 14.1. The summed E-state index contributed by atoms with van der Waals surface area (Å²) in [5.41, 5.74) is 0.356. The summed E-state index contributed by atoms with van der Waals surface area (Å²) < 4.78 is 1.31. The van der Waals surface area contributed by atoms with Gasteiger partial charge in [-0.3, -0.25) is 9.59 Å². The van der Waals surface area contributed by atoms with E-state index in [0.29, 0.717) is 10.7 Å². The molecule has 3 aromatic rings. The maximum absolute atomic E-state index is 12.1. The molecule has 2 heterocycles. The molecule has 0 saturated carbocycles. The fourth-order valence-electron chi connectivity index (χ4n) is 1.71. The van der Waals surface area contributed by atoms with Crippen LogP contribution in [0.5, 0.6) is 0 Å². The second-order valence-electron chi connectivity index (χ2n) is 3.97. The van der Waals surface area contributed by atoms with E-state index in [1.165, 1.54) is 16.8 Å². The number of carbonyl (C=O) groups excluding carboxylic acids is 1. The molecular weight excluding hydrogens is 282 g/mol. The molecule has 8 heteroatoms. The van der Waals surface area contributed by atoms with E-state index in [1.807, 2.05) is 0 Å². The van der Waals surface area contributed by atoms with Gasteiger partial charge in [0.1, 0.15) is 0 Å². The predicted octanol–water partition coefficient (Wildman–Crippen LogP) is 1.32. The van der Waals surface area contributed by atoms with Gasteiger partial charge in [0.05, 0.1) is 10.7 Å². The fraction of sp³-hybridized carbons (Fsp3) is 0. The van der Waals surface area contributed by atoms with Gasteiger partial charge in [0.25, 0.3) is 11.5 Å². The van der Waals surface area contributed by atoms with E-state index in [2.05, 4.69) is 20.6 Å². The molecule has 0 atom stereocenters. The molecule has 0 aliphatic carbocycles. The first-order valence-electron chi connectivity index (χ1n) is 5.65. The third kappa shape index (κ3) is 2.14. The Morgan fingerprint density at radius 1 is 1.30 bits per heavy atom. The molecule has 1 aromatic carbocycles. The Morgan fingerprint density at radius 2 is 2.10 bits per heavy atom. The molecule has 3 rings (SSSR count). The molecule has 100 valence electrons. The summed E-state index contributed by atoms with van der Waals surface area (Å²) in [5.74, 6) is -0.505. The standard InChI is InChI=1S/C12H8ClN5O2/c13-7-3-1-2-4-8(7)14-12(20)10-11-15-9(19)5-6-18(11)17-16-10/h1-6H,(H,14,20)(H,15,19). The average molecular weight is 290 g/mol. The number of halogens is 1. The highest BCUT2D eigenvalue weighted by atomic mass is 35.5. The van der Waals surface area contributed by atoms with Crippen LogP contribution in [-0.4, -0.2) is 25.7 Å². The Labute approximate surface area is 117 Å². The van der Waals surface area contributed by atoms with Crippen LogP contribution in [0.15, 0.2) is 41.3 Å². The SMILES string of the molecule is O=C(Nc1ccccc1Cl)c1nnn2ccc(=O)[nH]c12. The number of fused-ring (bicyclic) bond motifs is 1. The van der Waals surface area contributed by atoms with Crippen LogP contribution in [0, 0.1) is 0 Å². The first-order chi connectivity index (χ1) is 9.65. The first-order valence-corrected chi connectivity index (χ1v) is 6.03. The van der Waals surface area contributed by atoms with Crippen LogP contribution in [-0.2, 0) is 0 Å². The lowest BCUT2D eigenvalue weighted by molar-refractivity contribution is 0.102. The number of nitrogens with one attached hydrogen (secondary N) is 2. The van der Waals surface area contributed by atoms with Crippen LogP contribution in [0.3, 0.4) is 0 Å². The number of hydrogen-bond acceptors (Lipinski definition) is 4. The predicted molar refractivity (Wildman–Crippen MR) is 73.0 cm³/mol. The van der Waals surface area contributed by atoms with Crippen molar-refractivity contribution in [1.82, 2.24) is 19.8 Å². The zero-order valence-electron chi connectivity index (χ0n) is 10.0. The minimum atomic E-state index is -0.505. The Kier molecular flexibility index (Phi) is 2.96. The maximum Gasteiger partial charge on any atom is 0.280 e. The van der Waals surface area contributed by atoms with Crippen LogP contribution in [0.2, 0.25) is 5.02 Å². The molecule has 0 bridgehead atoms. The highest BCUT2D eigenvalue weighted by Gasteiger charge is 2.16. The summed E-state index contributed by atoms with van der Waals surface area (Å²) in [6.07, 6.45) is 1.42. The van der Waals surface area contributed by atoms with Gasteiger partial charge < -0.3 is 10.3 Å². The van der Waals surface area contributed by atoms with Gasteiger partial charge in [0.15, 0.2) is 11.3 Å². The van der Waals surface area contributed by atoms with Gasteiger partial charge in [0.2, 0.25) is 0 Å². The van der Waals surface area contributed by atoms with E-state index in [4.69, 9.17) is 11.6 Å². The molecule has 0 spiro atoms. The third-order valence-corrected chi connectivity index (χ3v) is 2.97. The minimum absolute atomic E-state index is 0.0163. The second-order valence-corrected chi connectivity index (χ2v) is 4.38. The number of aromatic nitrogens is 4. The van der Waals surface area contributed by atoms with Gasteiger partial charge in [-0.1, -0.05) is 28.9 Å². The van der Waals surface area contributed by atoms with E-state index in [9.17, 15) is 9.59 Å². The van der Waals surface area contributed by atoms with Crippen molar-refractivity contribution in [3.8, 4) is 0 Å². The first kappa shape index (κ1) is 12.4. The summed E-state index contributed by atoms with van der Waals surface area (Å²) in [4.78, 5) is 25.9. The molecule has 0 aliphatic rings. The summed E-state index contributed by atoms with van der Waals surface area (Å²) >= 11 is 5.96. The molecule has 0 radical (unpaired) electrons. The van der Waals surface area contributed by atoms with E-state index in [1.54, 1.807) is 24.3 Å². The number of carbonyl (C=O) groups is 1. The number of aromatic amines is 1. The fourth-order valence-corrected chi connectivity index (χ4v) is 1.89. The molecule has 7 nitrogen and oxygen atoms in total. The number of hydrogen-bond donors (Lipinski definition) is 2. The molecule has 1 amide bonds. The lowest BCUT2D eigenvalue weighted by Crippen LogP contribution is -2.15. The molecule has 0 aliphatic heterocycles. The van der Waals surface area contributed by atoms with Crippen molar-refractivity contribution in [1.29, 1.82) is 0 Å². The van der Waals surface area contributed by atoms with Crippen molar-refractivity contribution in [2.24, 2.45) is 0 Å². The molecule has 0 fully saturated rings. The lowest BCUT2D eigenvalue weighted by Gasteiger charge is -2.04. The molecule has 0 unspecified atom stereocenters. The van der Waals surface area contributed by atoms with Crippen molar-refractivity contribution in [3.05, 3.63) is 57.6 Å². The van der Waals surface area contributed by atoms with Crippen LogP contribution in [0.1, 0.15) is 10.5 Å². The van der Waals surface area contributed by atoms with E-state index < -0.39 is 5.91 Å². The van der Waals surface area contributed by atoms with Gasteiger partial charge >= 0.3 is 0 Å². The van der Waals surface area contributed by atoms with Crippen LogP contribution < -0.4 is 10.9 Å². The quantitative estimate of drug-likeness (QED) is 0.744. The Morgan fingerprint density at radius 3 is 2.90 bits per heavy atom. The summed E-state index contributed by atoms with van der Waals surface area (Å²) in [6.45, 7) is 0. The number of amides is 1. The Bertz CT molecular complexity index is 854. The lowest BCUT2D eigenvalue weighted by atomic mass is 10.3. The number of anilines is 1. The number of benzene rings is 1. The minimum Gasteiger partial charge on any atom is -0.319 e. The van der Waals surface area contributed by atoms with E-state index in [-0.39, 0.29) is 16.9 Å². The smallest absolute Gasteiger partial charge is 0.280 e. The summed E-state index contributed by atoms with van der Waals surface area (Å²) in [5, 5.41) is 10.5. The monoisotopic (exact) mass is 289 g/mol. The molecular formula is C12H8ClN5O2. The van der Waals surface area contributed by atoms with Crippen molar-refractivity contribution < 1.29 is 4.79 Å². The normalized spacial score (nSPS) is 10.7. The van der Waals surface area contributed by atoms with Gasteiger partial charge in [-0.2, -0.15) is 0 Å². The molecule has 2 N–H and O–H groups in total. The number of H-pyrrole nitrogens is 1. The maximum atomic E-state index is 12.1. The molecule has 20 heavy (non-hydrogen) atoms. The Hall–Kier alpha value is -2.67. The third-order valence-electron chi connectivity index (χ3n) is 2.64. The van der Waals surface area contributed by atoms with E-state index in [0.717, 1.165) is 0 Å². The van der Waals surface area contributed by atoms with Gasteiger partial charge in [-0.05, 0) is 12.1 Å². The highest BCUT2D eigenvalue weighted by molar-refractivity contribution is 6.33. The van der Waals surface area contributed by atoms with E-state index >= 15 is 0 Å². The van der Waals surface area contributed by atoms with Crippen molar-refractivity contribution in [2.45, 2.75) is 0 Å². The molecule has 2 aromatic heterocycles. The topological polar surface area (TPSA) is 92.2 Å². The van der Waals surface area contributed by atoms with Gasteiger partial charge in [0, 0.05) is 12.3 Å². The van der Waals surface area contributed by atoms with Crippen molar-refractivity contribution >= 4 is 28.8 Å². The van der Waals surface area contributed by atoms with Crippen molar-refractivity contribution in [3.63, 3.8) is 0 Å². The van der Waals surface area contributed by atoms with Gasteiger partial charge in [-0.15, -0.1) is 5.10 Å². The second kappa shape index (κ2) is 4.78. The average Bonchev–Trinajstić information content (AvgIpc) is 2.84. The Balaban J connectivity index is 1.99. The number of rotatable bonds is 2. The summed E-state index contributed by atoms with van der Waals surface area (Å²) in [7, 11) is 0. The van der Waals surface area contributed by atoms with Crippen LogP contribution in [0.25, 0.3) is 5.65 Å². The van der Waals surface area contributed by atoms with Gasteiger partial charge in [-0.25, -0.2) is 4.52 Å². The molecule has 0 saturated heterocycles. The number of para-hydroxylation sites is 1.